The van der Waals surface area contributed by atoms with Gasteiger partial charge < -0.3 is 9.64 Å². The maximum Gasteiger partial charge on any atom is 0.241 e. The Hall–Kier alpha value is -1.42. The molecule has 124 valence electrons. The monoisotopic (exact) mass is 353 g/mol. The fraction of sp³-hybridized carbons (Fsp3) is 0.500. The molecule has 0 radical (unpaired) electrons. The van der Waals surface area contributed by atoms with E-state index in [4.69, 9.17) is 10.00 Å². The van der Waals surface area contributed by atoms with Gasteiger partial charge in [-0.3, -0.25) is 10.1 Å². The predicted octanol–water partition coefficient (Wildman–Crippen LogP) is 2.34. The molecule has 2 aliphatic rings. The fourth-order valence-corrected chi connectivity index (χ4v) is 4.30. The van der Waals surface area contributed by atoms with Gasteiger partial charge >= 0.3 is 0 Å². The Labute approximate surface area is 146 Å². The Balaban J connectivity index is 0.00000192. The largest absolute Gasteiger partial charge is 0.496 e. The molecule has 7 heteroatoms. The van der Waals surface area contributed by atoms with Crippen molar-refractivity contribution in [1.82, 2.24) is 10.2 Å². The number of carbonyl (C=O) groups is 1. The molecule has 2 heterocycles. The van der Waals surface area contributed by atoms with Crippen LogP contribution < -0.4 is 10.1 Å². The summed E-state index contributed by atoms with van der Waals surface area (Å²) in [6.07, 6.45) is 1.71. The number of rotatable bonds is 3. The number of nitriles is 1. The number of para-hydroxylation sites is 1. The van der Waals surface area contributed by atoms with Gasteiger partial charge in [0.1, 0.15) is 11.8 Å². The lowest BCUT2D eigenvalue weighted by molar-refractivity contribution is -0.132. The summed E-state index contributed by atoms with van der Waals surface area (Å²) in [6.45, 7) is 0.694. The van der Waals surface area contributed by atoms with Crippen LogP contribution in [0.4, 0.5) is 0 Å². The van der Waals surface area contributed by atoms with Gasteiger partial charge in [-0.2, -0.15) is 5.26 Å². The van der Waals surface area contributed by atoms with Gasteiger partial charge in [0.15, 0.2) is 0 Å². The van der Waals surface area contributed by atoms with E-state index in [1.807, 2.05) is 24.3 Å². The van der Waals surface area contributed by atoms with E-state index in [1.54, 1.807) is 23.8 Å². The van der Waals surface area contributed by atoms with Crippen molar-refractivity contribution in [2.45, 2.75) is 30.3 Å². The number of methoxy groups -OCH3 is 1. The van der Waals surface area contributed by atoms with Gasteiger partial charge in [-0.15, -0.1) is 24.2 Å². The first-order valence-corrected chi connectivity index (χ1v) is 8.50. The van der Waals surface area contributed by atoms with Crippen molar-refractivity contribution in [1.29, 1.82) is 5.26 Å². The van der Waals surface area contributed by atoms with E-state index >= 15 is 0 Å². The lowest BCUT2D eigenvalue weighted by Gasteiger charge is -2.23. The van der Waals surface area contributed by atoms with Crippen molar-refractivity contribution < 1.29 is 9.53 Å². The lowest BCUT2D eigenvalue weighted by Crippen LogP contribution is -2.46. The van der Waals surface area contributed by atoms with Crippen LogP contribution in [0, 0.1) is 11.3 Å². The van der Waals surface area contributed by atoms with E-state index < -0.39 is 0 Å². The van der Waals surface area contributed by atoms with Gasteiger partial charge in [-0.25, -0.2) is 0 Å². The van der Waals surface area contributed by atoms with Crippen LogP contribution in [0.1, 0.15) is 23.8 Å². The van der Waals surface area contributed by atoms with E-state index in [9.17, 15) is 4.79 Å². The van der Waals surface area contributed by atoms with Gasteiger partial charge in [-0.1, -0.05) is 18.2 Å². The molecule has 1 aromatic rings. The number of hydrogen-bond acceptors (Lipinski definition) is 5. The molecule has 23 heavy (non-hydrogen) atoms. The second kappa shape index (κ2) is 7.91. The highest BCUT2D eigenvalue weighted by molar-refractivity contribution is 7.99. The third kappa shape index (κ3) is 3.57. The second-order valence-corrected chi connectivity index (χ2v) is 6.63. The lowest BCUT2D eigenvalue weighted by atomic mass is 10.1. The van der Waals surface area contributed by atoms with Crippen LogP contribution in [0.3, 0.4) is 0 Å². The molecule has 0 bridgehead atoms. The number of nitrogens with zero attached hydrogens (tertiary/aromatic N) is 2. The molecule has 1 aromatic carbocycles. The molecule has 3 rings (SSSR count). The van der Waals surface area contributed by atoms with Gasteiger partial charge in [0.2, 0.25) is 5.91 Å². The summed E-state index contributed by atoms with van der Waals surface area (Å²) < 4.78 is 5.40. The molecule has 2 aliphatic heterocycles. The van der Waals surface area contributed by atoms with Crippen LogP contribution in [0.5, 0.6) is 5.75 Å². The van der Waals surface area contributed by atoms with E-state index in [-0.39, 0.29) is 35.8 Å². The SMILES string of the molecule is COc1ccccc1C1N[C@H](C(=O)N2CCC[C@H]2C#N)CS1.Cl. The molecule has 1 unspecified atom stereocenters. The number of thioether (sulfide) groups is 1. The van der Waals surface area contributed by atoms with Gasteiger partial charge in [0.25, 0.3) is 0 Å². The number of carbonyl (C=O) groups excluding carboxylic acids is 1. The van der Waals surface area contributed by atoms with Gasteiger partial charge in [0, 0.05) is 17.9 Å². The topological polar surface area (TPSA) is 65.4 Å². The van der Waals surface area contributed by atoms with Crippen molar-refractivity contribution in [3.63, 3.8) is 0 Å². The molecule has 0 aromatic heterocycles. The highest BCUT2D eigenvalue weighted by Crippen LogP contribution is 2.38. The highest BCUT2D eigenvalue weighted by Gasteiger charge is 2.38. The third-order valence-electron chi connectivity index (χ3n) is 4.19. The van der Waals surface area contributed by atoms with Crippen LogP contribution in [-0.2, 0) is 4.79 Å². The number of hydrogen-bond donors (Lipinski definition) is 1. The third-order valence-corrected chi connectivity index (χ3v) is 5.44. The van der Waals surface area contributed by atoms with Crippen LogP contribution in [0.25, 0.3) is 0 Å². The number of benzene rings is 1. The molecule has 1 N–H and O–H groups in total. The summed E-state index contributed by atoms with van der Waals surface area (Å²) in [5, 5.41) is 12.6. The highest BCUT2D eigenvalue weighted by atomic mass is 35.5. The second-order valence-electron chi connectivity index (χ2n) is 5.49. The minimum Gasteiger partial charge on any atom is -0.496 e. The van der Waals surface area contributed by atoms with E-state index in [0.29, 0.717) is 6.54 Å². The zero-order valence-corrected chi connectivity index (χ0v) is 14.5. The van der Waals surface area contributed by atoms with E-state index in [2.05, 4.69) is 11.4 Å². The summed E-state index contributed by atoms with van der Waals surface area (Å²) in [4.78, 5) is 14.3. The number of nitrogens with one attached hydrogen (secondary N) is 1. The fourth-order valence-electron chi connectivity index (χ4n) is 3.04. The number of amides is 1. The molecule has 0 aliphatic carbocycles. The standard InChI is InChI=1S/C16H19N3O2S.ClH/c1-21-14-7-3-2-6-12(14)15-18-13(10-22-15)16(20)19-8-4-5-11(19)9-17;/h2-3,6-7,11,13,15,18H,4-5,8,10H2,1H3;1H/t11-,13-,15?;/m0./s1. The smallest absolute Gasteiger partial charge is 0.241 e. The van der Waals surface area contributed by atoms with Crippen molar-refractivity contribution in [2.24, 2.45) is 0 Å². The molecule has 2 saturated heterocycles. The zero-order valence-electron chi connectivity index (χ0n) is 12.9. The Kier molecular flexibility index (Phi) is 6.17. The minimum absolute atomic E-state index is 0. The Morgan fingerprint density at radius 1 is 1.48 bits per heavy atom. The summed E-state index contributed by atoms with van der Waals surface area (Å²) in [5.41, 5.74) is 1.06. The minimum atomic E-state index is -0.260. The molecule has 0 saturated carbocycles. The molecule has 3 atom stereocenters. The van der Waals surface area contributed by atoms with Crippen LogP contribution in [-0.4, -0.2) is 42.3 Å². The van der Waals surface area contributed by atoms with Crippen molar-refractivity contribution in [3.8, 4) is 11.8 Å². The van der Waals surface area contributed by atoms with Crippen molar-refractivity contribution in [2.75, 3.05) is 19.4 Å². The average Bonchev–Trinajstić information content (AvgIpc) is 3.23. The van der Waals surface area contributed by atoms with Crippen molar-refractivity contribution >= 4 is 30.1 Å². The van der Waals surface area contributed by atoms with E-state index in [1.165, 1.54) is 0 Å². The Bertz CT molecular complexity index is 607. The van der Waals surface area contributed by atoms with Gasteiger partial charge in [0.05, 0.1) is 24.6 Å². The molecule has 1 amide bonds. The number of ether oxygens (including phenoxy) is 1. The van der Waals surface area contributed by atoms with Crippen LogP contribution in [0.15, 0.2) is 24.3 Å². The molecular weight excluding hydrogens is 334 g/mol. The quantitative estimate of drug-likeness (QED) is 0.903. The molecular formula is C16H20ClN3O2S. The first-order valence-electron chi connectivity index (χ1n) is 7.45. The Morgan fingerprint density at radius 2 is 2.26 bits per heavy atom. The number of halogens is 1. The molecule has 0 spiro atoms. The zero-order chi connectivity index (χ0) is 15.5. The first-order chi connectivity index (χ1) is 10.7. The Morgan fingerprint density at radius 3 is 3.00 bits per heavy atom. The number of likely N-dealkylation sites (tertiary alicyclic amines) is 1. The van der Waals surface area contributed by atoms with E-state index in [0.717, 1.165) is 29.9 Å². The normalized spacial score (nSPS) is 26.4. The predicted molar refractivity (Wildman–Crippen MR) is 92.7 cm³/mol. The molecule has 5 nitrogen and oxygen atoms in total. The van der Waals surface area contributed by atoms with Crippen LogP contribution >= 0.6 is 24.2 Å². The maximum atomic E-state index is 12.6. The van der Waals surface area contributed by atoms with Gasteiger partial charge in [-0.05, 0) is 18.9 Å². The average molecular weight is 354 g/mol. The summed E-state index contributed by atoms with van der Waals surface area (Å²) in [5.74, 6) is 1.60. The summed E-state index contributed by atoms with van der Waals surface area (Å²) >= 11 is 1.71. The van der Waals surface area contributed by atoms with Crippen LogP contribution in [0.2, 0.25) is 0 Å². The summed E-state index contributed by atoms with van der Waals surface area (Å²) in [7, 11) is 1.66. The first kappa shape index (κ1) is 17.9. The summed E-state index contributed by atoms with van der Waals surface area (Å²) in [6, 6.07) is 9.60. The van der Waals surface area contributed by atoms with Crippen molar-refractivity contribution in [3.05, 3.63) is 29.8 Å². The molecule has 2 fully saturated rings. The maximum absolute atomic E-state index is 12.6.